The van der Waals surface area contributed by atoms with E-state index in [1.165, 1.54) is 16.9 Å². The highest BCUT2D eigenvalue weighted by molar-refractivity contribution is 6.33. The minimum absolute atomic E-state index is 0.108. The van der Waals surface area contributed by atoms with Gasteiger partial charge in [-0.1, -0.05) is 23.2 Å². The van der Waals surface area contributed by atoms with Gasteiger partial charge in [0.1, 0.15) is 11.6 Å². The Bertz CT molecular complexity index is 1260. The largest absolute Gasteiger partial charge is 0.338 e. The fraction of sp³-hybridized carbons (Fsp3) is 0.208. The summed E-state index contributed by atoms with van der Waals surface area (Å²) < 4.78 is 13.3. The molecule has 7 nitrogen and oxygen atoms in total. The van der Waals surface area contributed by atoms with Crippen LogP contribution in [0.5, 0.6) is 0 Å². The van der Waals surface area contributed by atoms with Gasteiger partial charge in [-0.2, -0.15) is 15.0 Å². The van der Waals surface area contributed by atoms with Gasteiger partial charge in [0.2, 0.25) is 0 Å². The molecule has 2 heterocycles. The van der Waals surface area contributed by atoms with Gasteiger partial charge < -0.3 is 4.90 Å². The zero-order chi connectivity index (χ0) is 23.4. The average Bonchev–Trinajstić information content (AvgIpc) is 3.34. The summed E-state index contributed by atoms with van der Waals surface area (Å²) in [6.45, 7) is 4.85. The molecule has 9 heteroatoms. The van der Waals surface area contributed by atoms with E-state index in [1.54, 1.807) is 35.8 Å². The standard InChI is InChI=1S/C24H22ClFN6O/c1-3-31(24(33)20-12-16(2)4-7-22(20)32-29-9-10-30-32)11-8-23-27-14-17(15-28-23)19-6-5-18(26)13-21(19)25/h4-7,9-10,12-15H,3,8,11H2,1-2H3. The number of amides is 1. The van der Waals surface area contributed by atoms with Crippen molar-refractivity contribution < 1.29 is 9.18 Å². The van der Waals surface area contributed by atoms with Crippen LogP contribution in [0.15, 0.2) is 61.2 Å². The summed E-state index contributed by atoms with van der Waals surface area (Å²) in [6, 6.07) is 9.82. The van der Waals surface area contributed by atoms with Gasteiger partial charge in [0.15, 0.2) is 0 Å². The van der Waals surface area contributed by atoms with E-state index >= 15 is 0 Å². The number of hydrogen-bond donors (Lipinski definition) is 0. The first-order valence-electron chi connectivity index (χ1n) is 10.5. The van der Waals surface area contributed by atoms with Crippen molar-refractivity contribution in [2.75, 3.05) is 13.1 Å². The van der Waals surface area contributed by atoms with Gasteiger partial charge in [-0.25, -0.2) is 14.4 Å². The van der Waals surface area contributed by atoms with E-state index in [9.17, 15) is 9.18 Å². The second-order valence-electron chi connectivity index (χ2n) is 7.49. The van der Waals surface area contributed by atoms with Crippen LogP contribution in [-0.2, 0) is 6.42 Å². The Balaban J connectivity index is 1.49. The summed E-state index contributed by atoms with van der Waals surface area (Å²) in [5, 5.41) is 8.63. The van der Waals surface area contributed by atoms with Crippen molar-refractivity contribution in [3.63, 3.8) is 0 Å². The van der Waals surface area contributed by atoms with Crippen LogP contribution in [-0.4, -0.2) is 48.9 Å². The monoisotopic (exact) mass is 464 g/mol. The molecule has 0 aliphatic rings. The zero-order valence-corrected chi connectivity index (χ0v) is 19.0. The van der Waals surface area contributed by atoms with E-state index in [1.807, 2.05) is 32.0 Å². The SMILES string of the molecule is CCN(CCc1ncc(-c2ccc(F)cc2Cl)cn1)C(=O)c1cc(C)ccc1-n1nccn1. The molecule has 0 unspecified atom stereocenters. The molecule has 0 radical (unpaired) electrons. The molecule has 0 saturated carbocycles. The highest BCUT2D eigenvalue weighted by Crippen LogP contribution is 2.27. The van der Waals surface area contributed by atoms with E-state index in [0.29, 0.717) is 52.7 Å². The van der Waals surface area contributed by atoms with Gasteiger partial charge in [-0.05, 0) is 44.2 Å². The third-order valence-corrected chi connectivity index (χ3v) is 5.55. The van der Waals surface area contributed by atoms with Crippen LogP contribution in [0, 0.1) is 12.7 Å². The smallest absolute Gasteiger partial charge is 0.256 e. The predicted molar refractivity (Wildman–Crippen MR) is 124 cm³/mol. The summed E-state index contributed by atoms with van der Waals surface area (Å²) in [6.07, 6.45) is 6.94. The normalized spacial score (nSPS) is 10.9. The maximum atomic E-state index is 13.3. The van der Waals surface area contributed by atoms with Crippen molar-refractivity contribution in [3.8, 4) is 16.8 Å². The summed E-state index contributed by atoms with van der Waals surface area (Å²) >= 11 is 6.13. The number of nitrogens with zero attached hydrogens (tertiary/aromatic N) is 6. The van der Waals surface area contributed by atoms with E-state index in [4.69, 9.17) is 11.6 Å². The summed E-state index contributed by atoms with van der Waals surface area (Å²) in [5.41, 5.74) is 3.50. The van der Waals surface area contributed by atoms with Crippen molar-refractivity contribution in [2.24, 2.45) is 0 Å². The van der Waals surface area contributed by atoms with Gasteiger partial charge in [0.05, 0.1) is 28.7 Å². The van der Waals surface area contributed by atoms with Gasteiger partial charge in [-0.15, -0.1) is 0 Å². The van der Waals surface area contributed by atoms with E-state index in [-0.39, 0.29) is 5.91 Å². The van der Waals surface area contributed by atoms with Gasteiger partial charge >= 0.3 is 0 Å². The minimum Gasteiger partial charge on any atom is -0.338 e. The highest BCUT2D eigenvalue weighted by Gasteiger charge is 2.20. The number of carbonyl (C=O) groups is 1. The molecule has 4 rings (SSSR count). The van der Waals surface area contributed by atoms with Crippen molar-refractivity contribution in [1.29, 1.82) is 0 Å². The quantitative estimate of drug-likeness (QED) is 0.401. The van der Waals surface area contributed by atoms with E-state index in [0.717, 1.165) is 5.56 Å². The molecule has 0 bridgehead atoms. The molecule has 0 aliphatic heterocycles. The lowest BCUT2D eigenvalue weighted by atomic mass is 10.1. The van der Waals surface area contributed by atoms with Crippen LogP contribution in [0.3, 0.4) is 0 Å². The van der Waals surface area contributed by atoms with Crippen molar-refractivity contribution >= 4 is 17.5 Å². The predicted octanol–water partition coefficient (Wildman–Crippen LogP) is 4.53. The first kappa shape index (κ1) is 22.5. The van der Waals surface area contributed by atoms with Crippen molar-refractivity contribution in [2.45, 2.75) is 20.3 Å². The topological polar surface area (TPSA) is 76.8 Å². The zero-order valence-electron chi connectivity index (χ0n) is 18.2. The van der Waals surface area contributed by atoms with Crippen LogP contribution in [0.25, 0.3) is 16.8 Å². The Morgan fingerprint density at radius 2 is 1.82 bits per heavy atom. The second-order valence-corrected chi connectivity index (χ2v) is 7.89. The number of benzene rings is 2. The van der Waals surface area contributed by atoms with Gasteiger partial charge in [0.25, 0.3) is 5.91 Å². The van der Waals surface area contributed by atoms with Crippen LogP contribution >= 0.6 is 11.6 Å². The molecule has 33 heavy (non-hydrogen) atoms. The Kier molecular flexibility index (Phi) is 6.74. The lowest BCUT2D eigenvalue weighted by molar-refractivity contribution is 0.0765. The first-order valence-corrected chi connectivity index (χ1v) is 10.9. The highest BCUT2D eigenvalue weighted by atomic mass is 35.5. The second kappa shape index (κ2) is 9.87. The Morgan fingerprint density at radius 3 is 2.48 bits per heavy atom. The van der Waals surface area contributed by atoms with Gasteiger partial charge in [0, 0.05) is 43.0 Å². The molecular weight excluding hydrogens is 443 g/mol. The third-order valence-electron chi connectivity index (χ3n) is 5.24. The van der Waals surface area contributed by atoms with E-state index in [2.05, 4.69) is 20.2 Å². The number of rotatable bonds is 7. The number of hydrogen-bond acceptors (Lipinski definition) is 5. The third kappa shape index (κ3) is 5.06. The fourth-order valence-corrected chi connectivity index (χ4v) is 3.77. The average molecular weight is 465 g/mol. The fourth-order valence-electron chi connectivity index (χ4n) is 3.49. The molecule has 0 aliphatic carbocycles. The van der Waals surface area contributed by atoms with Crippen molar-refractivity contribution in [3.05, 3.63) is 89.0 Å². The van der Waals surface area contributed by atoms with Crippen LogP contribution in [0.2, 0.25) is 5.02 Å². The maximum Gasteiger partial charge on any atom is 0.256 e. The van der Waals surface area contributed by atoms with Crippen molar-refractivity contribution in [1.82, 2.24) is 29.9 Å². The van der Waals surface area contributed by atoms with Crippen LogP contribution in [0.1, 0.15) is 28.7 Å². The summed E-state index contributed by atoms with van der Waals surface area (Å²) in [7, 11) is 0. The molecule has 4 aromatic rings. The van der Waals surface area contributed by atoms with Crippen LogP contribution in [0.4, 0.5) is 4.39 Å². The first-order chi connectivity index (χ1) is 16.0. The van der Waals surface area contributed by atoms with E-state index < -0.39 is 5.82 Å². The number of aryl methyl sites for hydroxylation is 1. The number of carbonyl (C=O) groups excluding carboxylic acids is 1. The minimum atomic E-state index is -0.397. The number of halogens is 2. The van der Waals surface area contributed by atoms with Gasteiger partial charge in [-0.3, -0.25) is 4.79 Å². The lowest BCUT2D eigenvalue weighted by Crippen LogP contribution is -2.34. The molecule has 0 spiro atoms. The molecule has 2 aromatic carbocycles. The Labute approximate surface area is 195 Å². The maximum absolute atomic E-state index is 13.3. The molecule has 1 amide bonds. The molecule has 2 aromatic heterocycles. The Hall–Kier alpha value is -3.65. The Morgan fingerprint density at radius 1 is 1.09 bits per heavy atom. The molecular formula is C24H22ClFN6O. The lowest BCUT2D eigenvalue weighted by Gasteiger charge is -2.22. The molecule has 0 N–H and O–H groups in total. The number of aromatic nitrogens is 5. The summed E-state index contributed by atoms with van der Waals surface area (Å²) in [4.78, 5) is 25.3. The molecule has 0 saturated heterocycles. The molecule has 0 atom stereocenters. The molecule has 168 valence electrons. The molecule has 0 fully saturated rings. The summed E-state index contributed by atoms with van der Waals surface area (Å²) in [5.74, 6) is 0.0929. The van der Waals surface area contributed by atoms with Crippen LogP contribution < -0.4 is 0 Å². The number of likely N-dealkylation sites (N-methyl/N-ethyl adjacent to an activating group) is 1.